The van der Waals surface area contributed by atoms with E-state index in [1.807, 2.05) is 89.8 Å². The number of esters is 4. The second kappa shape index (κ2) is 48.8. The normalized spacial score (nSPS) is 14.3. The van der Waals surface area contributed by atoms with Gasteiger partial charge in [0.25, 0.3) is 0 Å². The Balaban J connectivity index is 4.87. The summed E-state index contributed by atoms with van der Waals surface area (Å²) in [6.07, 6.45) is 41.6. The van der Waals surface area contributed by atoms with E-state index in [0.717, 1.165) is 128 Å². The number of hydrogen-bond donors (Lipinski definition) is 4. The van der Waals surface area contributed by atoms with Crippen LogP contribution in [0.2, 0.25) is 0 Å². The van der Waals surface area contributed by atoms with Crippen LogP contribution in [0.4, 0.5) is 0 Å². The van der Waals surface area contributed by atoms with E-state index in [2.05, 4.69) is 36.6 Å². The summed E-state index contributed by atoms with van der Waals surface area (Å²) in [5.41, 5.74) is 0. The molecule has 458 valence electrons. The van der Waals surface area contributed by atoms with Gasteiger partial charge < -0.3 is 48.8 Å². The van der Waals surface area contributed by atoms with Gasteiger partial charge in [-0.05, 0) is 90.0 Å². The van der Waals surface area contributed by atoms with Crippen molar-refractivity contribution in [1.29, 1.82) is 0 Å². The van der Waals surface area contributed by atoms with Crippen LogP contribution in [0, 0.1) is 0 Å². The van der Waals surface area contributed by atoms with E-state index in [1.54, 1.807) is 6.08 Å². The monoisotopic (exact) mass is 1130 g/mol. The van der Waals surface area contributed by atoms with Crippen molar-refractivity contribution in [2.45, 2.75) is 232 Å². The van der Waals surface area contributed by atoms with Crippen LogP contribution in [0.15, 0.2) is 72.9 Å². The molecule has 0 saturated heterocycles. The number of aliphatic hydroxyl groups is 2. The van der Waals surface area contributed by atoms with Crippen LogP contribution in [0.25, 0.3) is 0 Å². The molecule has 4 unspecified atom stereocenters. The summed E-state index contributed by atoms with van der Waals surface area (Å²) in [7, 11) is 7.53. The van der Waals surface area contributed by atoms with Crippen molar-refractivity contribution in [1.82, 2.24) is 10.6 Å². The molecule has 0 heterocycles. The topological polar surface area (TPSA) is 204 Å². The van der Waals surface area contributed by atoms with Gasteiger partial charge in [0.15, 0.2) is 13.1 Å². The third-order valence-corrected chi connectivity index (χ3v) is 13.5. The van der Waals surface area contributed by atoms with E-state index in [-0.39, 0.29) is 62.0 Å². The van der Waals surface area contributed by atoms with E-state index >= 15 is 0 Å². The second-order valence-electron chi connectivity index (χ2n) is 22.5. The number of quaternary nitrogens is 2. The predicted molar refractivity (Wildman–Crippen MR) is 321 cm³/mol. The Morgan fingerprint density at radius 3 is 1.26 bits per heavy atom. The first-order valence-electron chi connectivity index (χ1n) is 30.4. The fourth-order valence-corrected chi connectivity index (χ4v) is 8.68. The molecule has 4 N–H and O–H groups in total. The van der Waals surface area contributed by atoms with Crippen molar-refractivity contribution >= 4 is 35.7 Å². The van der Waals surface area contributed by atoms with Crippen molar-refractivity contribution < 1.29 is 66.9 Å². The molecule has 0 aromatic carbocycles. The van der Waals surface area contributed by atoms with Gasteiger partial charge in [-0.25, -0.2) is 9.59 Å². The molecule has 0 aromatic heterocycles. The summed E-state index contributed by atoms with van der Waals surface area (Å²) in [5.74, 6) is -1.70. The number of aliphatic hydroxyl groups excluding tert-OH is 2. The molecule has 2 amide bonds. The van der Waals surface area contributed by atoms with Gasteiger partial charge in [0.1, 0.15) is 44.7 Å². The van der Waals surface area contributed by atoms with Crippen molar-refractivity contribution in [3.8, 4) is 0 Å². The summed E-state index contributed by atoms with van der Waals surface area (Å²) >= 11 is 0. The van der Waals surface area contributed by atoms with E-state index in [0.29, 0.717) is 60.6 Å². The minimum atomic E-state index is -0.799. The maximum absolute atomic E-state index is 13.0. The summed E-state index contributed by atoms with van der Waals surface area (Å²) in [4.78, 5) is 74.2. The Kier molecular flexibility index (Phi) is 45.8. The van der Waals surface area contributed by atoms with E-state index in [4.69, 9.17) is 18.9 Å². The van der Waals surface area contributed by atoms with E-state index < -0.39 is 30.6 Å². The molecular formula is C64H112N4O12+2. The molecule has 0 aliphatic heterocycles. The molecule has 16 nitrogen and oxygen atoms in total. The third kappa shape index (κ3) is 46.8. The molecular weight excluding hydrogens is 1020 g/mol. The summed E-state index contributed by atoms with van der Waals surface area (Å²) in [5, 5.41) is 28.1. The van der Waals surface area contributed by atoms with Gasteiger partial charge in [-0.1, -0.05) is 158 Å². The minimum Gasteiger partial charge on any atom is -0.460 e. The lowest BCUT2D eigenvalue weighted by Gasteiger charge is -2.30. The molecule has 0 aliphatic carbocycles. The van der Waals surface area contributed by atoms with Crippen LogP contribution in [0.3, 0.4) is 0 Å². The highest BCUT2D eigenvalue weighted by molar-refractivity contribution is 5.79. The number of rotatable bonds is 50. The molecule has 4 atom stereocenters. The molecule has 80 heavy (non-hydrogen) atoms. The molecule has 0 aromatic rings. The number of nitrogens with zero attached hydrogens (tertiary/aromatic N) is 2. The molecule has 0 aliphatic rings. The number of likely N-dealkylation sites (N-methyl/N-ethyl adjacent to an activating group) is 2. The van der Waals surface area contributed by atoms with Gasteiger partial charge in [0.2, 0.25) is 11.8 Å². The van der Waals surface area contributed by atoms with Crippen LogP contribution >= 0.6 is 0 Å². The Labute approximate surface area is 484 Å². The number of hydrogen-bond acceptors (Lipinski definition) is 12. The zero-order valence-electron chi connectivity index (χ0n) is 51.3. The highest BCUT2D eigenvalue weighted by Gasteiger charge is 2.29. The fraction of sp³-hybridized carbons (Fsp3) is 0.719. The molecule has 0 rings (SSSR count). The van der Waals surface area contributed by atoms with Gasteiger partial charge in [0, 0.05) is 26.7 Å². The fourth-order valence-electron chi connectivity index (χ4n) is 8.68. The first kappa shape index (κ1) is 75.1. The molecule has 0 bridgehead atoms. The Bertz CT molecular complexity index is 1750. The van der Waals surface area contributed by atoms with Crippen LogP contribution < -0.4 is 10.6 Å². The number of unbranched alkanes of at least 4 members (excludes halogenated alkanes) is 16. The van der Waals surface area contributed by atoms with Crippen molar-refractivity contribution in [3.05, 3.63) is 72.9 Å². The first-order chi connectivity index (χ1) is 38.2. The van der Waals surface area contributed by atoms with Gasteiger partial charge in [0.05, 0.1) is 40.4 Å². The minimum absolute atomic E-state index is 0.111. The average Bonchev–Trinajstić information content (AvgIpc) is 3.37. The quantitative estimate of drug-likeness (QED) is 0.00855. The lowest BCUT2D eigenvalue weighted by Crippen LogP contribution is -2.47. The van der Waals surface area contributed by atoms with Crippen molar-refractivity contribution in [2.24, 2.45) is 0 Å². The zero-order valence-corrected chi connectivity index (χ0v) is 51.3. The van der Waals surface area contributed by atoms with Crippen LogP contribution in [0.5, 0.6) is 0 Å². The predicted octanol–water partition coefficient (Wildman–Crippen LogP) is 10.9. The second-order valence-corrected chi connectivity index (χ2v) is 22.5. The zero-order chi connectivity index (χ0) is 59.7. The number of carbonyl (C=O) groups is 6. The van der Waals surface area contributed by atoms with Crippen LogP contribution in [-0.2, 0) is 47.7 Å². The first-order valence-corrected chi connectivity index (χ1v) is 30.4. The maximum Gasteiger partial charge on any atom is 0.362 e. The molecule has 0 spiro atoms. The SMILES string of the molecule is C/C=C/C=C/C=C/C=C/C(NC(=O)CCCCCCCC=CCC(O)C(CCCCCC)OC(=O)C[N+](C)(C)CCOC(C)=O)NC(=O)CCCCCCCC=CCC(O)C(CCCCCC)OC(=O)C[N+](C)(C)CCOC(C)=O. The molecule has 0 radical (unpaired) electrons. The largest absolute Gasteiger partial charge is 0.460 e. The van der Waals surface area contributed by atoms with Crippen molar-refractivity contribution in [2.75, 3.05) is 67.6 Å². The van der Waals surface area contributed by atoms with E-state index in [9.17, 15) is 39.0 Å². The number of amides is 2. The van der Waals surface area contributed by atoms with E-state index in [1.165, 1.54) is 13.8 Å². The Hall–Kier alpha value is -4.90. The summed E-state index contributed by atoms with van der Waals surface area (Å²) < 4.78 is 22.4. The van der Waals surface area contributed by atoms with Gasteiger partial charge in [-0.2, -0.15) is 0 Å². The van der Waals surface area contributed by atoms with Gasteiger partial charge >= 0.3 is 23.9 Å². The Morgan fingerprint density at radius 1 is 0.487 bits per heavy atom. The molecule has 0 saturated carbocycles. The van der Waals surface area contributed by atoms with Crippen LogP contribution in [0.1, 0.15) is 202 Å². The van der Waals surface area contributed by atoms with Crippen LogP contribution in [-0.4, -0.2) is 153 Å². The smallest absolute Gasteiger partial charge is 0.362 e. The standard InChI is InChI=1S/C64H110N4O12/c1-10-13-16-19-24-31-38-45-60(65-61(73)46-39-32-27-22-20-25-29-34-41-56(71)58(43-36-17-14-11-2)79-63(75)52-67(6,7)48-50-77-54(4)69)66-62(74)47-40-33-28-23-21-26-30-35-42-57(72)59(44-37-18-15-12-3)80-64(76)53-68(8,9)49-51-78-55(5)70/h10,13,16,19,24,29-31,34-35,38,45,56-60,71-72H,11-12,14-15,17-18,20-23,25-28,32-33,36-37,39-44,46-53H2,1-9H3/p+2/b13-10+,19-16+,31-24+,34-29?,35-30?,45-38+. The number of carbonyl (C=O) groups excluding carboxylic acids is 6. The summed E-state index contributed by atoms with van der Waals surface area (Å²) in [6, 6.07) is 0. The lowest BCUT2D eigenvalue weighted by molar-refractivity contribution is -0.883. The third-order valence-electron chi connectivity index (χ3n) is 13.5. The number of nitrogens with one attached hydrogen (secondary N) is 2. The Morgan fingerprint density at radius 2 is 0.863 bits per heavy atom. The highest BCUT2D eigenvalue weighted by Crippen LogP contribution is 2.19. The highest BCUT2D eigenvalue weighted by atomic mass is 16.6. The molecule has 16 heteroatoms. The summed E-state index contributed by atoms with van der Waals surface area (Å²) in [6.45, 7) is 10.6. The van der Waals surface area contributed by atoms with Gasteiger partial charge in [-0.3, -0.25) is 19.2 Å². The maximum atomic E-state index is 13.0. The van der Waals surface area contributed by atoms with Gasteiger partial charge in [-0.15, -0.1) is 0 Å². The van der Waals surface area contributed by atoms with Crippen molar-refractivity contribution in [3.63, 3.8) is 0 Å². The lowest BCUT2D eigenvalue weighted by atomic mass is 10.0. The number of ether oxygens (including phenoxy) is 4. The molecule has 0 fully saturated rings. The average molecular weight is 1130 g/mol. The number of allylic oxidation sites excluding steroid dienone is 9.